The highest BCUT2D eigenvalue weighted by Gasteiger charge is 2.22. The normalized spacial score (nSPS) is 17.3. The lowest BCUT2D eigenvalue weighted by atomic mass is 10.0. The molecule has 1 saturated heterocycles. The summed E-state index contributed by atoms with van der Waals surface area (Å²) in [5.74, 6) is -0.127. The molecule has 1 heterocycles. The van der Waals surface area contributed by atoms with Crippen LogP contribution in [0.15, 0.2) is 18.2 Å². The fraction of sp³-hybridized carbons (Fsp3) is 0.647. The number of anilines is 1. The van der Waals surface area contributed by atoms with Gasteiger partial charge in [-0.25, -0.2) is 4.39 Å². The highest BCUT2D eigenvalue weighted by atomic mass is 19.1. The molecule has 1 fully saturated rings. The molecular formula is C17H27FN2O. The van der Waals surface area contributed by atoms with E-state index < -0.39 is 0 Å². The van der Waals surface area contributed by atoms with Crippen molar-refractivity contribution in [2.75, 3.05) is 25.1 Å². The third-order valence-corrected chi connectivity index (χ3v) is 4.01. The van der Waals surface area contributed by atoms with E-state index >= 15 is 0 Å². The fourth-order valence-electron chi connectivity index (χ4n) is 2.70. The Morgan fingerprint density at radius 1 is 1.29 bits per heavy atom. The van der Waals surface area contributed by atoms with E-state index in [1.807, 2.05) is 6.07 Å². The predicted molar refractivity (Wildman–Crippen MR) is 85.2 cm³/mol. The maximum atomic E-state index is 14.2. The van der Waals surface area contributed by atoms with Gasteiger partial charge in [0.1, 0.15) is 5.82 Å². The third kappa shape index (κ3) is 4.42. The van der Waals surface area contributed by atoms with Gasteiger partial charge >= 0.3 is 0 Å². The number of nitrogens with zero attached hydrogens (tertiary/aromatic N) is 1. The lowest BCUT2D eigenvalue weighted by molar-refractivity contribution is 0.0819. The maximum Gasteiger partial charge on any atom is 0.129 e. The Labute approximate surface area is 127 Å². The minimum Gasteiger partial charge on any atom is -0.381 e. The molecule has 1 N–H and O–H groups in total. The summed E-state index contributed by atoms with van der Waals surface area (Å²) < 4.78 is 19.6. The van der Waals surface area contributed by atoms with Crippen LogP contribution in [0.2, 0.25) is 0 Å². The van der Waals surface area contributed by atoms with Crippen molar-refractivity contribution in [1.29, 1.82) is 0 Å². The Kier molecular flexibility index (Phi) is 5.22. The number of benzene rings is 1. The van der Waals surface area contributed by atoms with Gasteiger partial charge in [0.2, 0.25) is 0 Å². The second-order valence-electron chi connectivity index (χ2n) is 6.76. The van der Waals surface area contributed by atoms with Crippen LogP contribution in [0.25, 0.3) is 0 Å². The van der Waals surface area contributed by atoms with Gasteiger partial charge in [-0.3, -0.25) is 0 Å². The standard InChI is InChI=1S/C17H27FN2O/c1-17(2,3)19-12-14-15(18)6-5-7-16(14)20-10-8-13(21-4)9-11-20/h5-7,13,19H,8-12H2,1-4H3. The maximum absolute atomic E-state index is 14.2. The lowest BCUT2D eigenvalue weighted by Gasteiger charge is -2.34. The van der Waals surface area contributed by atoms with Gasteiger partial charge in [0.25, 0.3) is 0 Å². The summed E-state index contributed by atoms with van der Waals surface area (Å²) in [5, 5.41) is 3.39. The molecule has 0 aromatic heterocycles. The van der Waals surface area contributed by atoms with Gasteiger partial charge in [0.15, 0.2) is 0 Å². The number of hydrogen-bond acceptors (Lipinski definition) is 3. The summed E-state index contributed by atoms with van der Waals surface area (Å²) in [5.41, 5.74) is 1.76. The molecule has 21 heavy (non-hydrogen) atoms. The zero-order valence-electron chi connectivity index (χ0n) is 13.6. The summed E-state index contributed by atoms with van der Waals surface area (Å²) in [7, 11) is 1.77. The van der Waals surface area contributed by atoms with Crippen molar-refractivity contribution in [2.24, 2.45) is 0 Å². The van der Waals surface area contributed by atoms with E-state index in [0.717, 1.165) is 37.2 Å². The molecule has 1 aromatic rings. The first kappa shape index (κ1) is 16.2. The molecule has 3 nitrogen and oxygen atoms in total. The van der Waals surface area contributed by atoms with E-state index in [9.17, 15) is 4.39 Å². The molecule has 1 aliphatic rings. The van der Waals surface area contributed by atoms with Gasteiger partial charge in [-0.15, -0.1) is 0 Å². The quantitative estimate of drug-likeness (QED) is 0.922. The molecule has 0 radical (unpaired) electrons. The number of halogens is 1. The van der Waals surface area contributed by atoms with Crippen LogP contribution < -0.4 is 10.2 Å². The fourth-order valence-corrected chi connectivity index (χ4v) is 2.70. The van der Waals surface area contributed by atoms with Gasteiger partial charge in [0, 0.05) is 43.5 Å². The van der Waals surface area contributed by atoms with Crippen molar-refractivity contribution < 1.29 is 9.13 Å². The van der Waals surface area contributed by atoms with Gasteiger partial charge in [-0.05, 0) is 45.7 Å². The van der Waals surface area contributed by atoms with E-state index in [1.54, 1.807) is 19.2 Å². The Bertz CT molecular complexity index is 462. The number of rotatable bonds is 4. The SMILES string of the molecule is COC1CCN(c2cccc(F)c2CNC(C)(C)C)CC1. The van der Waals surface area contributed by atoms with Crippen LogP contribution in [-0.2, 0) is 11.3 Å². The van der Waals surface area contributed by atoms with Crippen LogP contribution in [0.4, 0.5) is 10.1 Å². The summed E-state index contributed by atoms with van der Waals surface area (Å²) in [6.07, 6.45) is 2.34. The van der Waals surface area contributed by atoms with Crippen molar-refractivity contribution in [3.63, 3.8) is 0 Å². The molecule has 0 aliphatic carbocycles. The molecule has 0 amide bonds. The topological polar surface area (TPSA) is 24.5 Å². The van der Waals surface area contributed by atoms with Crippen LogP contribution in [0.3, 0.4) is 0 Å². The molecule has 0 unspecified atom stereocenters. The molecule has 1 aromatic carbocycles. The lowest BCUT2D eigenvalue weighted by Crippen LogP contribution is -2.39. The minimum absolute atomic E-state index is 0.0252. The zero-order valence-corrected chi connectivity index (χ0v) is 13.6. The Balaban J connectivity index is 2.14. The third-order valence-electron chi connectivity index (χ3n) is 4.01. The van der Waals surface area contributed by atoms with Gasteiger partial charge in [-0.1, -0.05) is 6.07 Å². The van der Waals surface area contributed by atoms with Gasteiger partial charge < -0.3 is 15.0 Å². The van der Waals surface area contributed by atoms with Crippen molar-refractivity contribution >= 4 is 5.69 Å². The molecule has 0 atom stereocenters. The molecule has 1 aliphatic heterocycles. The highest BCUT2D eigenvalue weighted by molar-refractivity contribution is 5.54. The first-order valence-electron chi connectivity index (χ1n) is 7.71. The highest BCUT2D eigenvalue weighted by Crippen LogP contribution is 2.27. The number of nitrogens with one attached hydrogen (secondary N) is 1. The molecular weight excluding hydrogens is 267 g/mol. The van der Waals surface area contributed by atoms with E-state index in [1.165, 1.54) is 0 Å². The average molecular weight is 294 g/mol. The van der Waals surface area contributed by atoms with Crippen molar-refractivity contribution in [1.82, 2.24) is 5.32 Å². The van der Waals surface area contributed by atoms with Crippen LogP contribution in [0.1, 0.15) is 39.2 Å². The monoisotopic (exact) mass is 294 g/mol. The smallest absolute Gasteiger partial charge is 0.129 e. The van der Waals surface area contributed by atoms with Crippen molar-refractivity contribution in [2.45, 2.75) is 51.8 Å². The Morgan fingerprint density at radius 2 is 1.95 bits per heavy atom. The van der Waals surface area contributed by atoms with Crippen molar-refractivity contribution in [3.8, 4) is 0 Å². The predicted octanol–water partition coefficient (Wildman–Crippen LogP) is 3.33. The number of hydrogen-bond donors (Lipinski definition) is 1. The summed E-state index contributed by atoms with van der Waals surface area (Å²) >= 11 is 0. The molecule has 2 rings (SSSR count). The zero-order chi connectivity index (χ0) is 15.5. The second-order valence-corrected chi connectivity index (χ2v) is 6.76. The van der Waals surface area contributed by atoms with E-state index in [0.29, 0.717) is 12.6 Å². The van der Waals surface area contributed by atoms with E-state index in [-0.39, 0.29) is 11.4 Å². The second kappa shape index (κ2) is 6.75. The van der Waals surface area contributed by atoms with Crippen molar-refractivity contribution in [3.05, 3.63) is 29.6 Å². The molecule has 0 saturated carbocycles. The number of piperidine rings is 1. The molecule has 4 heteroatoms. The first-order valence-corrected chi connectivity index (χ1v) is 7.71. The summed E-state index contributed by atoms with van der Waals surface area (Å²) in [4.78, 5) is 2.28. The Morgan fingerprint density at radius 3 is 2.52 bits per heavy atom. The molecule has 118 valence electrons. The molecule has 0 spiro atoms. The Hall–Kier alpha value is -1.13. The van der Waals surface area contributed by atoms with Crippen LogP contribution in [0, 0.1) is 5.82 Å². The summed E-state index contributed by atoms with van der Waals surface area (Å²) in [6.45, 7) is 8.68. The number of ether oxygens (including phenoxy) is 1. The summed E-state index contributed by atoms with van der Waals surface area (Å²) in [6, 6.07) is 5.37. The van der Waals surface area contributed by atoms with Crippen LogP contribution in [0.5, 0.6) is 0 Å². The number of methoxy groups -OCH3 is 1. The van der Waals surface area contributed by atoms with Gasteiger partial charge in [-0.2, -0.15) is 0 Å². The average Bonchev–Trinajstić information content (AvgIpc) is 2.45. The molecule has 0 bridgehead atoms. The van der Waals surface area contributed by atoms with Crippen LogP contribution in [-0.4, -0.2) is 31.8 Å². The largest absolute Gasteiger partial charge is 0.381 e. The van der Waals surface area contributed by atoms with Gasteiger partial charge in [0.05, 0.1) is 6.10 Å². The minimum atomic E-state index is -0.127. The van der Waals surface area contributed by atoms with Crippen LogP contribution >= 0.6 is 0 Å². The van der Waals surface area contributed by atoms with E-state index in [4.69, 9.17) is 4.74 Å². The van der Waals surface area contributed by atoms with E-state index in [2.05, 4.69) is 31.0 Å². The first-order chi connectivity index (χ1) is 9.90.